The van der Waals surface area contributed by atoms with E-state index in [9.17, 15) is 9.59 Å². The Kier molecular flexibility index (Phi) is 7.26. The van der Waals surface area contributed by atoms with Crippen molar-refractivity contribution in [2.75, 3.05) is 25.6 Å². The topological polar surface area (TPSA) is 71.0 Å². The van der Waals surface area contributed by atoms with E-state index in [1.165, 1.54) is 13.5 Å². The van der Waals surface area contributed by atoms with Crippen molar-refractivity contribution in [2.24, 2.45) is 5.10 Å². The lowest BCUT2D eigenvalue weighted by Gasteiger charge is -2.29. The standard InChI is InChI=1S/C18H25N3O3/c1-24-17(23)12-8-11-16(22)18(21-13-6-3-7-14-21)20-19-15-9-4-2-5-10-15/h2,4-5,9-10,19H,3,6-8,11-14H2,1H3/b20-18-. The van der Waals surface area contributed by atoms with Gasteiger partial charge in [0.1, 0.15) is 0 Å². The molecule has 1 heterocycles. The predicted octanol–water partition coefficient (Wildman–Crippen LogP) is 2.81. The van der Waals surface area contributed by atoms with E-state index in [2.05, 4.69) is 15.3 Å². The zero-order chi connectivity index (χ0) is 17.2. The maximum Gasteiger partial charge on any atom is 0.305 e. The summed E-state index contributed by atoms with van der Waals surface area (Å²) in [6.45, 7) is 1.69. The van der Waals surface area contributed by atoms with Crippen LogP contribution in [0.1, 0.15) is 38.5 Å². The second-order valence-electron chi connectivity index (χ2n) is 5.81. The van der Waals surface area contributed by atoms with Gasteiger partial charge in [0.25, 0.3) is 0 Å². The molecular weight excluding hydrogens is 306 g/mol. The second-order valence-corrected chi connectivity index (χ2v) is 5.81. The van der Waals surface area contributed by atoms with Gasteiger partial charge in [-0.1, -0.05) is 18.2 Å². The van der Waals surface area contributed by atoms with Crippen molar-refractivity contribution >= 4 is 23.3 Å². The van der Waals surface area contributed by atoms with Gasteiger partial charge in [-0.25, -0.2) is 0 Å². The number of nitrogens with one attached hydrogen (secondary N) is 1. The lowest BCUT2D eigenvalue weighted by Crippen LogP contribution is -2.40. The zero-order valence-electron chi connectivity index (χ0n) is 14.2. The lowest BCUT2D eigenvalue weighted by atomic mass is 10.1. The number of para-hydroxylation sites is 1. The van der Waals surface area contributed by atoms with Crippen LogP contribution in [0.3, 0.4) is 0 Å². The van der Waals surface area contributed by atoms with Crippen molar-refractivity contribution in [3.05, 3.63) is 30.3 Å². The Morgan fingerprint density at radius 3 is 2.50 bits per heavy atom. The number of ketones is 1. The van der Waals surface area contributed by atoms with Crippen LogP contribution < -0.4 is 5.43 Å². The molecule has 0 unspecified atom stereocenters. The van der Waals surface area contributed by atoms with E-state index in [0.29, 0.717) is 18.7 Å². The third-order valence-electron chi connectivity index (χ3n) is 3.98. The number of ether oxygens (including phenoxy) is 1. The molecule has 0 aromatic heterocycles. The number of hydrogen-bond acceptors (Lipinski definition) is 5. The normalized spacial score (nSPS) is 15.0. The molecule has 1 fully saturated rings. The third-order valence-corrected chi connectivity index (χ3v) is 3.98. The predicted molar refractivity (Wildman–Crippen MR) is 93.8 cm³/mol. The number of hydrogen-bond donors (Lipinski definition) is 1. The van der Waals surface area contributed by atoms with Crippen LogP contribution in [-0.4, -0.2) is 42.7 Å². The summed E-state index contributed by atoms with van der Waals surface area (Å²) in [6, 6.07) is 9.56. The summed E-state index contributed by atoms with van der Waals surface area (Å²) >= 11 is 0. The van der Waals surface area contributed by atoms with E-state index in [4.69, 9.17) is 0 Å². The number of hydrazone groups is 1. The SMILES string of the molecule is COC(=O)CCCC(=O)/C(=N/Nc1ccccc1)N1CCCCC1. The van der Waals surface area contributed by atoms with Crippen molar-refractivity contribution in [3.8, 4) is 0 Å². The number of benzene rings is 1. The first-order chi connectivity index (χ1) is 11.7. The highest BCUT2D eigenvalue weighted by atomic mass is 16.5. The maximum atomic E-state index is 12.6. The van der Waals surface area contributed by atoms with Crippen molar-refractivity contribution in [3.63, 3.8) is 0 Å². The Morgan fingerprint density at radius 2 is 1.83 bits per heavy atom. The van der Waals surface area contributed by atoms with Crippen LogP contribution in [0, 0.1) is 0 Å². The molecule has 0 saturated carbocycles. The highest BCUT2D eigenvalue weighted by Crippen LogP contribution is 2.13. The lowest BCUT2D eigenvalue weighted by molar-refractivity contribution is -0.140. The zero-order valence-corrected chi connectivity index (χ0v) is 14.2. The van der Waals surface area contributed by atoms with Gasteiger partial charge in [0, 0.05) is 25.9 Å². The summed E-state index contributed by atoms with van der Waals surface area (Å²) in [5.74, 6) is 0.134. The Morgan fingerprint density at radius 1 is 1.12 bits per heavy atom. The number of piperidine rings is 1. The van der Waals surface area contributed by atoms with Gasteiger partial charge in [-0.15, -0.1) is 0 Å². The van der Waals surface area contributed by atoms with Gasteiger partial charge in [0.05, 0.1) is 12.8 Å². The van der Waals surface area contributed by atoms with Crippen molar-refractivity contribution in [2.45, 2.75) is 38.5 Å². The molecule has 130 valence electrons. The number of carbonyl (C=O) groups excluding carboxylic acids is 2. The molecule has 0 aliphatic carbocycles. The molecular formula is C18H25N3O3. The molecule has 1 aromatic rings. The fraction of sp³-hybridized carbons (Fsp3) is 0.500. The summed E-state index contributed by atoms with van der Waals surface area (Å²) in [6.07, 6.45) is 4.35. The molecule has 0 amide bonds. The molecule has 1 aromatic carbocycles. The molecule has 2 rings (SSSR count). The molecule has 1 aliphatic rings. The van der Waals surface area contributed by atoms with Gasteiger partial charge in [-0.05, 0) is 37.8 Å². The molecule has 0 radical (unpaired) electrons. The van der Waals surface area contributed by atoms with E-state index in [1.807, 2.05) is 35.2 Å². The molecule has 24 heavy (non-hydrogen) atoms. The molecule has 1 N–H and O–H groups in total. The minimum Gasteiger partial charge on any atom is -0.469 e. The average Bonchev–Trinajstić information content (AvgIpc) is 2.63. The highest BCUT2D eigenvalue weighted by molar-refractivity contribution is 6.38. The smallest absolute Gasteiger partial charge is 0.305 e. The van der Waals surface area contributed by atoms with Gasteiger partial charge in [0.15, 0.2) is 11.6 Å². The molecule has 0 spiro atoms. The minimum absolute atomic E-state index is 0.0377. The van der Waals surface area contributed by atoms with E-state index in [-0.39, 0.29) is 18.2 Å². The van der Waals surface area contributed by atoms with Gasteiger partial charge in [-0.3, -0.25) is 15.0 Å². The summed E-state index contributed by atoms with van der Waals surface area (Å²) < 4.78 is 4.61. The number of anilines is 1. The van der Waals surface area contributed by atoms with Crippen LogP contribution in [0.15, 0.2) is 35.4 Å². The van der Waals surface area contributed by atoms with Gasteiger partial charge >= 0.3 is 5.97 Å². The average molecular weight is 331 g/mol. The van der Waals surface area contributed by atoms with Crippen molar-refractivity contribution in [1.82, 2.24) is 4.90 Å². The van der Waals surface area contributed by atoms with Crippen LogP contribution in [0.25, 0.3) is 0 Å². The maximum absolute atomic E-state index is 12.6. The molecule has 1 aliphatic heterocycles. The second kappa shape index (κ2) is 9.70. The number of Topliss-reactive ketones (excluding diaryl/α,β-unsaturated/α-hetero) is 1. The summed E-state index contributed by atoms with van der Waals surface area (Å²) in [5.41, 5.74) is 3.81. The highest BCUT2D eigenvalue weighted by Gasteiger charge is 2.21. The molecule has 6 heteroatoms. The fourth-order valence-electron chi connectivity index (χ4n) is 2.65. The number of rotatable bonds is 7. The van der Waals surface area contributed by atoms with Crippen LogP contribution in [0.5, 0.6) is 0 Å². The van der Waals surface area contributed by atoms with Crippen molar-refractivity contribution < 1.29 is 14.3 Å². The first-order valence-corrected chi connectivity index (χ1v) is 8.44. The van der Waals surface area contributed by atoms with Crippen molar-refractivity contribution in [1.29, 1.82) is 0 Å². The van der Waals surface area contributed by atoms with Crippen LogP contribution in [0.2, 0.25) is 0 Å². The monoisotopic (exact) mass is 331 g/mol. The van der Waals surface area contributed by atoms with Crippen LogP contribution in [0.4, 0.5) is 5.69 Å². The van der Waals surface area contributed by atoms with Crippen LogP contribution in [-0.2, 0) is 14.3 Å². The number of likely N-dealkylation sites (tertiary alicyclic amines) is 1. The van der Waals surface area contributed by atoms with Gasteiger partial charge < -0.3 is 9.64 Å². The molecule has 0 atom stereocenters. The first kappa shape index (κ1) is 18.0. The summed E-state index contributed by atoms with van der Waals surface area (Å²) in [5, 5.41) is 4.36. The summed E-state index contributed by atoms with van der Waals surface area (Å²) in [4.78, 5) is 25.8. The minimum atomic E-state index is -0.290. The van der Waals surface area contributed by atoms with Gasteiger partial charge in [-0.2, -0.15) is 5.10 Å². The first-order valence-electron chi connectivity index (χ1n) is 8.44. The molecule has 6 nitrogen and oxygen atoms in total. The van der Waals surface area contributed by atoms with E-state index in [1.54, 1.807) is 0 Å². The number of esters is 1. The number of amidine groups is 1. The molecule has 0 bridgehead atoms. The Hall–Kier alpha value is -2.37. The quantitative estimate of drug-likeness (QED) is 0.360. The third kappa shape index (κ3) is 5.68. The number of methoxy groups -OCH3 is 1. The Bertz CT molecular complexity index is 566. The molecule has 1 saturated heterocycles. The largest absolute Gasteiger partial charge is 0.469 e. The number of nitrogens with zero attached hydrogens (tertiary/aromatic N) is 2. The van der Waals surface area contributed by atoms with E-state index >= 15 is 0 Å². The summed E-state index contributed by atoms with van der Waals surface area (Å²) in [7, 11) is 1.36. The van der Waals surface area contributed by atoms with Gasteiger partial charge in [0.2, 0.25) is 0 Å². The Balaban J connectivity index is 2.01. The Labute approximate surface area is 142 Å². The number of carbonyl (C=O) groups is 2. The fourth-order valence-corrected chi connectivity index (χ4v) is 2.65. The van der Waals surface area contributed by atoms with E-state index in [0.717, 1.165) is 31.6 Å². The van der Waals surface area contributed by atoms with Crippen LogP contribution >= 0.6 is 0 Å². The van der Waals surface area contributed by atoms with E-state index < -0.39 is 0 Å².